The van der Waals surface area contributed by atoms with E-state index in [0.29, 0.717) is 0 Å². The smallest absolute Gasteiger partial charge is 0.136 e. The Morgan fingerprint density at radius 1 is 1.21 bits per heavy atom. The van der Waals surface area contributed by atoms with E-state index in [1.165, 1.54) is 35.1 Å². The number of benzene rings is 1. The van der Waals surface area contributed by atoms with Crippen LogP contribution in [0.5, 0.6) is 5.75 Å². The van der Waals surface area contributed by atoms with E-state index in [2.05, 4.69) is 22.9 Å². The van der Waals surface area contributed by atoms with Gasteiger partial charge in [0.2, 0.25) is 0 Å². The standard InChI is InChI=1S/C16H21BrO2/c1-10-11-5-3-4-6-12(11)14(17)15(19-2)13(10)9-16(18)7-8-16/h18H,3-9H2,1-2H3. The molecule has 1 aromatic rings. The molecule has 2 aliphatic rings. The van der Waals surface area contributed by atoms with Crippen molar-refractivity contribution >= 4 is 15.9 Å². The SMILES string of the molecule is COc1c(Br)c2c(c(C)c1CC1(O)CC1)CCCC2. The first-order valence-corrected chi connectivity index (χ1v) is 7.94. The van der Waals surface area contributed by atoms with Crippen molar-refractivity contribution in [2.45, 2.75) is 57.5 Å². The maximum absolute atomic E-state index is 10.3. The van der Waals surface area contributed by atoms with Crippen LogP contribution in [0.2, 0.25) is 0 Å². The van der Waals surface area contributed by atoms with Crippen LogP contribution in [0.15, 0.2) is 4.47 Å². The number of aliphatic hydroxyl groups is 1. The summed E-state index contributed by atoms with van der Waals surface area (Å²) in [6.45, 7) is 2.19. The highest BCUT2D eigenvalue weighted by atomic mass is 79.9. The molecule has 0 heterocycles. The molecule has 2 nitrogen and oxygen atoms in total. The fraction of sp³-hybridized carbons (Fsp3) is 0.625. The zero-order chi connectivity index (χ0) is 13.6. The quantitative estimate of drug-likeness (QED) is 0.918. The predicted octanol–water partition coefficient (Wildman–Crippen LogP) is 3.71. The van der Waals surface area contributed by atoms with E-state index in [1.54, 1.807) is 7.11 Å². The number of hydrogen-bond acceptors (Lipinski definition) is 2. The van der Waals surface area contributed by atoms with E-state index in [1.807, 2.05) is 0 Å². The van der Waals surface area contributed by atoms with Crippen LogP contribution in [-0.2, 0) is 19.3 Å². The summed E-state index contributed by atoms with van der Waals surface area (Å²) in [7, 11) is 1.73. The zero-order valence-electron chi connectivity index (χ0n) is 11.7. The Morgan fingerprint density at radius 3 is 2.42 bits per heavy atom. The minimum atomic E-state index is -0.472. The van der Waals surface area contributed by atoms with Crippen LogP contribution in [0.3, 0.4) is 0 Å². The third-order valence-corrected chi connectivity index (χ3v) is 5.49. The molecule has 0 unspecified atom stereocenters. The molecule has 0 bridgehead atoms. The van der Waals surface area contributed by atoms with Crippen LogP contribution in [0.1, 0.15) is 47.9 Å². The topological polar surface area (TPSA) is 29.5 Å². The summed E-state index contributed by atoms with van der Waals surface area (Å²) in [6, 6.07) is 0. The molecular formula is C16H21BrO2. The highest BCUT2D eigenvalue weighted by Gasteiger charge is 2.42. The molecule has 2 aliphatic carbocycles. The molecule has 3 heteroatoms. The number of ether oxygens (including phenoxy) is 1. The van der Waals surface area contributed by atoms with Gasteiger partial charge in [-0.15, -0.1) is 0 Å². The summed E-state index contributed by atoms with van der Waals surface area (Å²) >= 11 is 3.73. The van der Waals surface area contributed by atoms with Crippen LogP contribution in [0, 0.1) is 6.92 Å². The molecule has 0 aromatic heterocycles. The van der Waals surface area contributed by atoms with E-state index in [4.69, 9.17) is 4.74 Å². The Balaban J connectivity index is 2.13. The van der Waals surface area contributed by atoms with Crippen molar-refractivity contribution in [3.8, 4) is 5.75 Å². The molecule has 0 aliphatic heterocycles. The Hall–Kier alpha value is -0.540. The molecule has 0 saturated heterocycles. The number of rotatable bonds is 3. The maximum atomic E-state index is 10.3. The summed E-state index contributed by atoms with van der Waals surface area (Å²) in [5.74, 6) is 0.943. The lowest BCUT2D eigenvalue weighted by Gasteiger charge is -2.26. The molecule has 0 atom stereocenters. The van der Waals surface area contributed by atoms with Crippen LogP contribution in [-0.4, -0.2) is 17.8 Å². The van der Waals surface area contributed by atoms with Gasteiger partial charge in [-0.3, -0.25) is 0 Å². The molecular weight excluding hydrogens is 304 g/mol. The third-order valence-electron chi connectivity index (χ3n) is 4.65. The van der Waals surface area contributed by atoms with Crippen LogP contribution >= 0.6 is 15.9 Å². The largest absolute Gasteiger partial charge is 0.495 e. The number of methoxy groups -OCH3 is 1. The second-order valence-corrected chi connectivity index (χ2v) is 6.81. The van der Waals surface area contributed by atoms with Crippen molar-refractivity contribution < 1.29 is 9.84 Å². The average molecular weight is 325 g/mol. The maximum Gasteiger partial charge on any atom is 0.136 e. The first-order valence-electron chi connectivity index (χ1n) is 7.15. The van der Waals surface area contributed by atoms with Crippen LogP contribution in [0.25, 0.3) is 0 Å². The molecule has 1 N–H and O–H groups in total. The first-order chi connectivity index (χ1) is 9.06. The molecule has 104 valence electrons. The summed E-state index contributed by atoms with van der Waals surface area (Å²) in [5.41, 5.74) is 4.98. The van der Waals surface area contributed by atoms with Gasteiger partial charge in [-0.1, -0.05) is 0 Å². The van der Waals surface area contributed by atoms with E-state index < -0.39 is 5.60 Å². The van der Waals surface area contributed by atoms with E-state index in [9.17, 15) is 5.11 Å². The van der Waals surface area contributed by atoms with Gasteiger partial charge in [-0.2, -0.15) is 0 Å². The lowest BCUT2D eigenvalue weighted by Crippen LogP contribution is -2.16. The van der Waals surface area contributed by atoms with Crippen molar-refractivity contribution in [2.24, 2.45) is 0 Å². The zero-order valence-corrected chi connectivity index (χ0v) is 13.3. The summed E-state index contributed by atoms with van der Waals surface area (Å²) < 4.78 is 6.76. The predicted molar refractivity (Wildman–Crippen MR) is 80.0 cm³/mol. The van der Waals surface area contributed by atoms with Crippen molar-refractivity contribution in [1.29, 1.82) is 0 Å². The molecule has 3 rings (SSSR count). The summed E-state index contributed by atoms with van der Waals surface area (Å²) in [4.78, 5) is 0. The second kappa shape index (κ2) is 4.78. The lowest BCUT2D eigenvalue weighted by atomic mass is 9.84. The molecule has 1 saturated carbocycles. The fourth-order valence-corrected chi connectivity index (χ4v) is 4.10. The number of halogens is 1. The average Bonchev–Trinajstić information content (AvgIpc) is 3.14. The Labute approximate surface area is 123 Å². The van der Waals surface area contributed by atoms with Crippen molar-refractivity contribution in [3.05, 3.63) is 26.7 Å². The molecule has 1 fully saturated rings. The van der Waals surface area contributed by atoms with E-state index in [-0.39, 0.29) is 0 Å². The summed E-state index contributed by atoms with van der Waals surface area (Å²) in [6.07, 6.45) is 7.41. The van der Waals surface area contributed by atoms with Crippen LogP contribution < -0.4 is 4.74 Å². The highest BCUT2D eigenvalue weighted by molar-refractivity contribution is 9.10. The lowest BCUT2D eigenvalue weighted by molar-refractivity contribution is 0.149. The Kier molecular flexibility index (Phi) is 3.38. The highest BCUT2D eigenvalue weighted by Crippen LogP contribution is 2.46. The van der Waals surface area contributed by atoms with Crippen molar-refractivity contribution in [3.63, 3.8) is 0 Å². The normalized spacial score (nSPS) is 20.0. The van der Waals surface area contributed by atoms with Gasteiger partial charge in [0.15, 0.2) is 0 Å². The van der Waals surface area contributed by atoms with Crippen LogP contribution in [0.4, 0.5) is 0 Å². The van der Waals surface area contributed by atoms with E-state index in [0.717, 1.165) is 42.3 Å². The molecule has 19 heavy (non-hydrogen) atoms. The molecule has 0 spiro atoms. The summed E-state index contributed by atoms with van der Waals surface area (Å²) in [5, 5.41) is 10.3. The molecule has 1 aromatic carbocycles. The van der Waals surface area contributed by atoms with Gasteiger partial charge >= 0.3 is 0 Å². The first kappa shape index (κ1) is 13.4. The minimum Gasteiger partial charge on any atom is -0.495 e. The van der Waals surface area contributed by atoms with Gasteiger partial charge in [0, 0.05) is 12.0 Å². The van der Waals surface area contributed by atoms with E-state index >= 15 is 0 Å². The van der Waals surface area contributed by atoms with Crippen molar-refractivity contribution in [2.75, 3.05) is 7.11 Å². The Bertz CT molecular complexity index is 518. The minimum absolute atomic E-state index is 0.472. The molecule has 0 amide bonds. The van der Waals surface area contributed by atoms with Gasteiger partial charge < -0.3 is 9.84 Å². The van der Waals surface area contributed by atoms with Crippen molar-refractivity contribution in [1.82, 2.24) is 0 Å². The van der Waals surface area contributed by atoms with Gasteiger partial charge in [0.05, 0.1) is 17.2 Å². The Morgan fingerprint density at radius 2 is 1.84 bits per heavy atom. The van der Waals surface area contributed by atoms with Gasteiger partial charge in [-0.25, -0.2) is 0 Å². The second-order valence-electron chi connectivity index (χ2n) is 6.02. The fourth-order valence-electron chi connectivity index (χ4n) is 3.26. The monoisotopic (exact) mass is 324 g/mol. The van der Waals surface area contributed by atoms with Gasteiger partial charge in [0.1, 0.15) is 5.75 Å². The number of fused-ring (bicyclic) bond motifs is 1. The molecule has 0 radical (unpaired) electrons. The van der Waals surface area contributed by atoms with Gasteiger partial charge in [0.25, 0.3) is 0 Å². The number of hydrogen-bond donors (Lipinski definition) is 1. The van der Waals surface area contributed by atoms with Gasteiger partial charge in [-0.05, 0) is 78.1 Å². The third kappa shape index (κ3) is 2.31.